The minimum atomic E-state index is -0.818. The molecular formula is C35H33N3O6S. The molecule has 10 heteroatoms. The minimum absolute atomic E-state index is 0.0748. The molecule has 0 aliphatic rings. The fourth-order valence-corrected chi connectivity index (χ4v) is 5.92. The van der Waals surface area contributed by atoms with Gasteiger partial charge in [-0.2, -0.15) is 0 Å². The molecule has 1 heterocycles. The van der Waals surface area contributed by atoms with Gasteiger partial charge in [0, 0.05) is 17.5 Å². The van der Waals surface area contributed by atoms with E-state index in [9.17, 15) is 14.4 Å². The van der Waals surface area contributed by atoms with Gasteiger partial charge < -0.3 is 19.6 Å². The molecule has 9 nitrogen and oxygen atoms in total. The molecule has 5 aromatic rings. The number of carbonyl (C=O) groups is 2. The Balaban J connectivity index is 1.20. The van der Waals surface area contributed by atoms with E-state index >= 15 is 0 Å². The van der Waals surface area contributed by atoms with Crippen molar-refractivity contribution in [2.24, 2.45) is 5.16 Å². The number of rotatable bonds is 13. The lowest BCUT2D eigenvalue weighted by atomic mass is 10.0. The number of amides is 1. The van der Waals surface area contributed by atoms with Crippen LogP contribution in [-0.2, 0) is 38.5 Å². The van der Waals surface area contributed by atoms with E-state index in [1.54, 1.807) is 16.7 Å². The summed E-state index contributed by atoms with van der Waals surface area (Å²) in [4.78, 5) is 42.8. The predicted molar refractivity (Wildman–Crippen MR) is 175 cm³/mol. The van der Waals surface area contributed by atoms with E-state index < -0.39 is 12.0 Å². The van der Waals surface area contributed by atoms with Gasteiger partial charge in [-0.3, -0.25) is 14.2 Å². The van der Waals surface area contributed by atoms with Gasteiger partial charge in [-0.15, -0.1) is 0 Å². The van der Waals surface area contributed by atoms with Crippen molar-refractivity contribution in [1.29, 1.82) is 0 Å². The van der Waals surface area contributed by atoms with Crippen LogP contribution in [0.1, 0.15) is 22.3 Å². The van der Waals surface area contributed by atoms with Crippen molar-refractivity contribution in [2.75, 3.05) is 20.8 Å². The number of fused-ring (bicyclic) bond motifs is 1. The second kappa shape index (κ2) is 15.0. The SMILES string of the molecule is CO/N=C(\c1ccccc1)c1ccc2c(c1)sc(=O)n2CCOc1ccc(CC(NC(=O)Cc2ccccc2)C(=O)OC)cc1. The van der Waals surface area contributed by atoms with E-state index in [1.807, 2.05) is 91.0 Å². The number of aromatic nitrogens is 1. The Bertz CT molecular complexity index is 1830. The van der Waals surface area contributed by atoms with Gasteiger partial charge >= 0.3 is 10.8 Å². The molecule has 230 valence electrons. The number of nitrogens with one attached hydrogen (secondary N) is 1. The number of esters is 1. The molecule has 0 spiro atoms. The van der Waals surface area contributed by atoms with E-state index in [0.717, 1.165) is 32.5 Å². The molecule has 1 unspecified atom stereocenters. The largest absolute Gasteiger partial charge is 0.492 e. The zero-order valence-corrected chi connectivity index (χ0v) is 25.8. The highest BCUT2D eigenvalue weighted by atomic mass is 32.1. The number of carbonyl (C=O) groups excluding carboxylic acids is 2. The molecule has 1 aromatic heterocycles. The van der Waals surface area contributed by atoms with Gasteiger partial charge in [-0.25, -0.2) is 4.79 Å². The highest BCUT2D eigenvalue weighted by Crippen LogP contribution is 2.22. The highest BCUT2D eigenvalue weighted by molar-refractivity contribution is 7.16. The number of ether oxygens (including phenoxy) is 2. The topological polar surface area (TPSA) is 108 Å². The smallest absolute Gasteiger partial charge is 0.328 e. The van der Waals surface area contributed by atoms with Crippen molar-refractivity contribution >= 4 is 39.1 Å². The Hall–Kier alpha value is -5.22. The standard InChI is InChI=1S/C35H33N3O6S/c1-42-34(40)29(36-32(39)22-24-9-5-3-6-10-24)21-25-13-16-28(17-14-25)44-20-19-38-30-18-15-27(23-31(30)45-35(38)41)33(37-43-2)26-11-7-4-8-12-26/h3-18,23,29H,19-22H2,1-2H3,(H,36,39)/b37-33+. The van der Waals surface area contributed by atoms with E-state index in [4.69, 9.17) is 14.3 Å². The summed E-state index contributed by atoms with van der Waals surface area (Å²) in [5.74, 6) is -0.150. The first-order valence-corrected chi connectivity index (χ1v) is 15.2. The van der Waals surface area contributed by atoms with Crippen LogP contribution >= 0.6 is 11.3 Å². The van der Waals surface area contributed by atoms with Gasteiger partial charge in [0.15, 0.2) is 0 Å². The van der Waals surface area contributed by atoms with Crippen LogP contribution in [0.4, 0.5) is 0 Å². The van der Waals surface area contributed by atoms with Crippen LogP contribution in [-0.4, -0.2) is 49.0 Å². The van der Waals surface area contributed by atoms with Gasteiger partial charge in [-0.1, -0.05) is 95.4 Å². The molecule has 1 amide bonds. The monoisotopic (exact) mass is 623 g/mol. The van der Waals surface area contributed by atoms with Crippen LogP contribution in [0.15, 0.2) is 113 Å². The minimum Gasteiger partial charge on any atom is -0.492 e. The molecule has 0 aliphatic heterocycles. The Morgan fingerprint density at radius 3 is 2.27 bits per heavy atom. The van der Waals surface area contributed by atoms with Crippen molar-refractivity contribution in [2.45, 2.75) is 25.4 Å². The maximum absolute atomic E-state index is 12.9. The number of oxime groups is 1. The third kappa shape index (κ3) is 8.04. The maximum Gasteiger partial charge on any atom is 0.328 e. The van der Waals surface area contributed by atoms with Crippen LogP contribution in [0.25, 0.3) is 10.2 Å². The molecule has 45 heavy (non-hydrogen) atoms. The molecular weight excluding hydrogens is 590 g/mol. The van der Waals surface area contributed by atoms with Gasteiger partial charge in [0.1, 0.15) is 31.2 Å². The Morgan fingerprint density at radius 1 is 0.867 bits per heavy atom. The third-order valence-corrected chi connectivity index (χ3v) is 8.09. The Kier molecular flexibility index (Phi) is 10.4. The molecule has 5 rings (SSSR count). The Morgan fingerprint density at radius 2 is 1.58 bits per heavy atom. The summed E-state index contributed by atoms with van der Waals surface area (Å²) in [7, 11) is 2.81. The molecule has 1 atom stereocenters. The van der Waals surface area contributed by atoms with Crippen LogP contribution in [0, 0.1) is 0 Å². The summed E-state index contributed by atoms with van der Waals surface area (Å²) < 4.78 is 13.4. The average Bonchev–Trinajstić information content (AvgIpc) is 3.38. The molecule has 1 N–H and O–H groups in total. The van der Waals surface area contributed by atoms with E-state index in [2.05, 4.69) is 10.5 Å². The van der Waals surface area contributed by atoms with Crippen molar-refractivity contribution in [3.8, 4) is 5.75 Å². The van der Waals surface area contributed by atoms with Crippen molar-refractivity contribution in [3.63, 3.8) is 0 Å². The van der Waals surface area contributed by atoms with Crippen molar-refractivity contribution in [3.05, 3.63) is 135 Å². The number of hydrogen-bond acceptors (Lipinski definition) is 8. The molecule has 0 saturated heterocycles. The highest BCUT2D eigenvalue weighted by Gasteiger charge is 2.22. The van der Waals surface area contributed by atoms with Crippen LogP contribution < -0.4 is 14.9 Å². The first kappa shape index (κ1) is 31.2. The molecule has 0 fully saturated rings. The summed E-state index contributed by atoms with van der Waals surface area (Å²) in [6.45, 7) is 0.656. The number of hydrogen-bond donors (Lipinski definition) is 1. The molecule has 4 aromatic carbocycles. The van der Waals surface area contributed by atoms with E-state index in [-0.39, 0.29) is 30.2 Å². The number of thiazole rings is 1. The average molecular weight is 624 g/mol. The van der Waals surface area contributed by atoms with Crippen LogP contribution in [0.2, 0.25) is 0 Å². The van der Waals surface area contributed by atoms with Crippen LogP contribution in [0.5, 0.6) is 5.75 Å². The number of nitrogens with zero attached hydrogens (tertiary/aromatic N) is 2. The van der Waals surface area contributed by atoms with Gasteiger partial charge in [0.05, 0.1) is 30.3 Å². The predicted octanol–water partition coefficient (Wildman–Crippen LogP) is 4.98. The molecule has 0 bridgehead atoms. The lowest BCUT2D eigenvalue weighted by Crippen LogP contribution is -2.43. The van der Waals surface area contributed by atoms with E-state index in [1.165, 1.54) is 25.6 Å². The molecule has 0 saturated carbocycles. The number of methoxy groups -OCH3 is 1. The third-order valence-electron chi connectivity index (χ3n) is 7.15. The fourth-order valence-electron chi connectivity index (χ4n) is 4.96. The van der Waals surface area contributed by atoms with E-state index in [0.29, 0.717) is 18.0 Å². The molecule has 0 aliphatic carbocycles. The zero-order chi connectivity index (χ0) is 31.6. The lowest BCUT2D eigenvalue weighted by Gasteiger charge is -2.17. The summed E-state index contributed by atoms with van der Waals surface area (Å²) in [6.07, 6.45) is 0.439. The summed E-state index contributed by atoms with van der Waals surface area (Å²) in [5, 5.41) is 7.01. The molecule has 0 radical (unpaired) electrons. The summed E-state index contributed by atoms with van der Waals surface area (Å²) in [6, 6.07) is 31.3. The van der Waals surface area contributed by atoms with Gasteiger partial charge in [-0.05, 0) is 35.4 Å². The Labute approximate surface area is 264 Å². The fraction of sp³-hybridized carbons (Fsp3) is 0.200. The zero-order valence-electron chi connectivity index (χ0n) is 25.0. The lowest BCUT2D eigenvalue weighted by molar-refractivity contribution is -0.145. The second-order valence-electron chi connectivity index (χ2n) is 10.2. The summed E-state index contributed by atoms with van der Waals surface area (Å²) >= 11 is 1.17. The van der Waals surface area contributed by atoms with Gasteiger partial charge in [0.25, 0.3) is 0 Å². The van der Waals surface area contributed by atoms with Gasteiger partial charge in [0.2, 0.25) is 5.91 Å². The van der Waals surface area contributed by atoms with Crippen molar-refractivity contribution < 1.29 is 23.9 Å². The van der Waals surface area contributed by atoms with Crippen LogP contribution in [0.3, 0.4) is 0 Å². The quantitative estimate of drug-likeness (QED) is 0.113. The first-order chi connectivity index (χ1) is 21.9. The maximum atomic E-state index is 12.9. The number of benzene rings is 4. The van der Waals surface area contributed by atoms with Crippen molar-refractivity contribution in [1.82, 2.24) is 9.88 Å². The normalized spacial score (nSPS) is 12.0. The summed E-state index contributed by atoms with van der Waals surface area (Å²) in [5.41, 5.74) is 4.97. The second-order valence-corrected chi connectivity index (χ2v) is 11.2. The first-order valence-electron chi connectivity index (χ1n) is 14.4.